The molecular formula is C15H26N6O9S. The van der Waals surface area contributed by atoms with Gasteiger partial charge < -0.3 is 48.1 Å². The Morgan fingerprint density at radius 3 is 2.00 bits per heavy atom. The number of aliphatic carboxylic acids is 1. The first kappa shape index (κ1) is 28.1. The minimum absolute atomic E-state index is 0.362. The van der Waals surface area contributed by atoms with E-state index in [0.29, 0.717) is 11.8 Å². The van der Waals surface area contributed by atoms with Gasteiger partial charge in [-0.25, -0.2) is 4.79 Å². The number of thioether (sulfide) groups is 1. The molecular weight excluding hydrogens is 440 g/mol. The molecule has 5 amide bonds. The number of carbonyl (C=O) groups is 6. The van der Waals surface area contributed by atoms with E-state index in [4.69, 9.17) is 16.6 Å². The van der Waals surface area contributed by atoms with Gasteiger partial charge in [-0.2, -0.15) is 0 Å². The van der Waals surface area contributed by atoms with Gasteiger partial charge in [0.1, 0.15) is 18.1 Å². The molecule has 176 valence electrons. The lowest BCUT2D eigenvalue weighted by Gasteiger charge is -2.26. The summed E-state index contributed by atoms with van der Waals surface area (Å²) in [5.41, 5.74) is 10.1. The first-order valence-corrected chi connectivity index (χ1v) is 9.86. The molecule has 4 atom stereocenters. The highest BCUT2D eigenvalue weighted by Gasteiger charge is 2.39. The molecule has 0 aromatic carbocycles. The summed E-state index contributed by atoms with van der Waals surface area (Å²) in [5, 5.41) is 33.5. The number of nitrogens with one attached hydrogen (secondary N) is 4. The molecule has 0 aliphatic rings. The molecule has 0 rings (SSSR count). The van der Waals surface area contributed by atoms with E-state index < -0.39 is 78.3 Å². The van der Waals surface area contributed by atoms with Crippen molar-refractivity contribution >= 4 is 47.3 Å². The van der Waals surface area contributed by atoms with Crippen LogP contribution in [0.3, 0.4) is 0 Å². The van der Waals surface area contributed by atoms with E-state index in [1.807, 2.05) is 0 Å². The first-order chi connectivity index (χ1) is 14.3. The van der Waals surface area contributed by atoms with Gasteiger partial charge in [0, 0.05) is 0 Å². The van der Waals surface area contributed by atoms with Gasteiger partial charge in [-0.15, -0.1) is 0 Å². The second kappa shape index (κ2) is 12.7. The second-order valence-electron chi connectivity index (χ2n) is 6.11. The maximum Gasteiger partial charge on any atom is 0.368 e. The van der Waals surface area contributed by atoms with Crippen LogP contribution in [0.5, 0.6) is 0 Å². The number of primary amides is 1. The predicted molar refractivity (Wildman–Crippen MR) is 106 cm³/mol. The molecule has 0 aromatic heterocycles. The van der Waals surface area contributed by atoms with Crippen LogP contribution in [-0.2, 0) is 28.8 Å². The van der Waals surface area contributed by atoms with E-state index >= 15 is 0 Å². The number of amides is 5. The van der Waals surface area contributed by atoms with Gasteiger partial charge in [-0.05, 0) is 13.2 Å². The van der Waals surface area contributed by atoms with Crippen LogP contribution >= 0.6 is 11.8 Å². The van der Waals surface area contributed by atoms with Crippen molar-refractivity contribution in [1.82, 2.24) is 21.3 Å². The summed E-state index contributed by atoms with van der Waals surface area (Å²) >= 11 is 0.362. The molecule has 0 aliphatic heterocycles. The molecule has 3 unspecified atom stereocenters. The summed E-state index contributed by atoms with van der Waals surface area (Å²) in [6.07, 6.45) is 0.447. The van der Waals surface area contributed by atoms with E-state index in [1.165, 1.54) is 13.2 Å². The number of hydrogen-bond acceptors (Lipinski definition) is 10. The minimum Gasteiger partial charge on any atom is -0.477 e. The van der Waals surface area contributed by atoms with Gasteiger partial charge in [-0.3, -0.25) is 24.0 Å². The number of carboxylic acid groups (broad SMARTS) is 1. The summed E-state index contributed by atoms with van der Waals surface area (Å²) in [6.45, 7) is -0.0370. The van der Waals surface area contributed by atoms with E-state index in [2.05, 4.69) is 16.0 Å². The van der Waals surface area contributed by atoms with Gasteiger partial charge in [0.15, 0.2) is 0 Å². The zero-order valence-electron chi connectivity index (χ0n) is 16.7. The van der Waals surface area contributed by atoms with E-state index in [-0.39, 0.29) is 0 Å². The Kier molecular flexibility index (Phi) is 11.5. The molecule has 0 saturated carbocycles. The quantitative estimate of drug-likeness (QED) is 0.116. The Hall–Kier alpha value is -2.95. The van der Waals surface area contributed by atoms with Crippen LogP contribution in [-0.4, -0.2) is 93.4 Å². The van der Waals surface area contributed by atoms with Crippen molar-refractivity contribution in [2.45, 2.75) is 36.5 Å². The zero-order valence-corrected chi connectivity index (χ0v) is 17.5. The number of aliphatic hydroxyl groups is 2. The first-order valence-electron chi connectivity index (χ1n) is 8.63. The smallest absolute Gasteiger partial charge is 0.368 e. The van der Waals surface area contributed by atoms with Crippen LogP contribution in [0.25, 0.3) is 0 Å². The van der Waals surface area contributed by atoms with Crippen molar-refractivity contribution in [3.8, 4) is 0 Å². The fourth-order valence-electron chi connectivity index (χ4n) is 1.98. The Morgan fingerprint density at radius 1 is 1.00 bits per heavy atom. The van der Waals surface area contributed by atoms with Crippen molar-refractivity contribution < 1.29 is 44.1 Å². The van der Waals surface area contributed by atoms with Crippen LogP contribution in [0.15, 0.2) is 0 Å². The largest absolute Gasteiger partial charge is 0.477 e. The maximum absolute atomic E-state index is 12.3. The van der Waals surface area contributed by atoms with Crippen molar-refractivity contribution in [2.24, 2.45) is 11.5 Å². The lowest BCUT2D eigenvalue weighted by atomic mass is 10.1. The third-order valence-electron chi connectivity index (χ3n) is 3.69. The summed E-state index contributed by atoms with van der Waals surface area (Å²) in [6, 6.07) is -4.39. The molecule has 15 nitrogen and oxygen atoms in total. The number of hydrogen-bond donors (Lipinski definition) is 9. The monoisotopic (exact) mass is 466 g/mol. The maximum atomic E-state index is 12.3. The van der Waals surface area contributed by atoms with Crippen LogP contribution in [0.4, 0.5) is 0 Å². The van der Waals surface area contributed by atoms with E-state index in [9.17, 15) is 39.0 Å². The fourth-order valence-corrected chi connectivity index (χ4v) is 2.36. The molecule has 0 aliphatic carbocycles. The second-order valence-corrected chi connectivity index (χ2v) is 7.11. The summed E-state index contributed by atoms with van der Waals surface area (Å²) < 4.78 is 0. The van der Waals surface area contributed by atoms with Gasteiger partial charge in [-0.1, -0.05) is 11.8 Å². The lowest BCUT2D eigenvalue weighted by Crippen LogP contribution is -2.60. The highest BCUT2D eigenvalue weighted by atomic mass is 32.2. The highest BCUT2D eigenvalue weighted by Crippen LogP contribution is 2.16. The Balaban J connectivity index is 5.24. The number of carboxylic acids is 1. The number of aliphatic hydroxyl groups excluding tert-OH is 1. The summed E-state index contributed by atoms with van der Waals surface area (Å²) in [5.74, 6) is -6.71. The minimum atomic E-state index is -2.73. The van der Waals surface area contributed by atoms with Gasteiger partial charge in [0.25, 0.3) is 5.06 Å². The van der Waals surface area contributed by atoms with Crippen LogP contribution < -0.4 is 32.7 Å². The molecule has 0 saturated heterocycles. The summed E-state index contributed by atoms with van der Waals surface area (Å²) in [7, 11) is 0. The topological polar surface area (TPSA) is 263 Å². The number of rotatable bonds is 13. The van der Waals surface area contributed by atoms with Gasteiger partial charge >= 0.3 is 5.97 Å². The number of carbonyl (C=O) groups excluding carboxylic acids is 5. The van der Waals surface area contributed by atoms with Crippen LogP contribution in [0.1, 0.15) is 13.3 Å². The molecule has 31 heavy (non-hydrogen) atoms. The van der Waals surface area contributed by atoms with Gasteiger partial charge in [0.05, 0.1) is 19.6 Å². The SMILES string of the molecule is CSC(O)(NC(=O)[C@H](CC(N)=O)NC(=O)C(C)NC(=O)C(CO)NC(=O)CN)C(=O)O. The molecule has 0 fully saturated rings. The molecule has 16 heteroatoms. The molecule has 0 heterocycles. The lowest BCUT2D eigenvalue weighted by molar-refractivity contribution is -0.155. The Morgan fingerprint density at radius 2 is 1.58 bits per heavy atom. The van der Waals surface area contributed by atoms with Crippen LogP contribution in [0, 0.1) is 0 Å². The predicted octanol–water partition coefficient (Wildman–Crippen LogP) is -5.50. The Bertz CT molecular complexity index is 721. The number of nitrogens with two attached hydrogens (primary N) is 2. The zero-order chi connectivity index (χ0) is 24.4. The summed E-state index contributed by atoms with van der Waals surface area (Å²) in [4.78, 5) is 70.3. The molecule has 0 bridgehead atoms. The third-order valence-corrected chi connectivity index (χ3v) is 4.56. The van der Waals surface area contributed by atoms with Crippen molar-refractivity contribution in [3.05, 3.63) is 0 Å². The highest BCUT2D eigenvalue weighted by molar-refractivity contribution is 8.00. The standard InChI is InChI=1S/C15H26N6O9S/c1-6(18-12(26)8(5-22)19-10(24)4-16)11(25)20-7(3-9(17)23)13(27)21-15(30,31-2)14(28)29/h6-8,22,30H,3-5,16H2,1-2H3,(H2,17,23)(H,18,26)(H,19,24)(H,20,25)(H,21,27)(H,28,29)/t6?,7-,8?,15?/m0/s1. The molecule has 11 N–H and O–H groups in total. The van der Waals surface area contributed by atoms with Crippen molar-refractivity contribution in [3.63, 3.8) is 0 Å². The fraction of sp³-hybridized carbons (Fsp3) is 0.600. The third kappa shape index (κ3) is 9.16. The normalized spacial score (nSPS) is 15.4. The van der Waals surface area contributed by atoms with Crippen molar-refractivity contribution in [2.75, 3.05) is 19.4 Å². The average molecular weight is 466 g/mol. The van der Waals surface area contributed by atoms with Crippen LogP contribution in [0.2, 0.25) is 0 Å². The van der Waals surface area contributed by atoms with Crippen molar-refractivity contribution in [1.29, 1.82) is 0 Å². The molecule has 0 radical (unpaired) electrons. The van der Waals surface area contributed by atoms with Gasteiger partial charge in [0.2, 0.25) is 29.5 Å². The van der Waals surface area contributed by atoms with E-state index in [0.717, 1.165) is 0 Å². The molecule has 0 aromatic rings. The molecule has 0 spiro atoms. The average Bonchev–Trinajstić information content (AvgIpc) is 2.70. The Labute approximate surface area is 180 Å². The van der Waals surface area contributed by atoms with E-state index in [1.54, 1.807) is 5.32 Å².